The molecule has 0 saturated carbocycles. The molecule has 3 N–H and O–H groups in total. The number of anilines is 1. The Morgan fingerprint density at radius 1 is 1.24 bits per heavy atom. The third-order valence-electron chi connectivity index (χ3n) is 3.34. The van der Waals surface area contributed by atoms with Crippen molar-refractivity contribution >= 4 is 23.3 Å². The predicted molar refractivity (Wildman–Crippen MR) is 85.7 cm³/mol. The average molecular weight is 300 g/mol. The van der Waals surface area contributed by atoms with Gasteiger partial charge >= 0.3 is 0 Å². The lowest BCUT2D eigenvalue weighted by atomic mass is 10.2. The first-order valence-electron chi connectivity index (χ1n) is 6.54. The third-order valence-corrected chi connectivity index (χ3v) is 4.57. The van der Waals surface area contributed by atoms with E-state index in [-0.39, 0.29) is 10.7 Å². The Balaban J connectivity index is 1.88. The van der Waals surface area contributed by atoms with Crippen LogP contribution < -0.4 is 15.4 Å². The molecule has 0 spiro atoms. The molecule has 108 valence electrons. The SMILES string of the molecule is COc1ccc(N2C(=N)C(c3ccccn3)SC2N)cc1. The number of aromatic nitrogens is 1. The number of rotatable bonds is 3. The number of amidine groups is 1. The molecule has 2 atom stereocenters. The van der Waals surface area contributed by atoms with Crippen LogP contribution in [0.1, 0.15) is 10.9 Å². The van der Waals surface area contributed by atoms with E-state index in [1.54, 1.807) is 13.3 Å². The van der Waals surface area contributed by atoms with Gasteiger partial charge in [-0.1, -0.05) is 6.07 Å². The van der Waals surface area contributed by atoms with Crippen molar-refractivity contribution in [2.45, 2.75) is 10.7 Å². The van der Waals surface area contributed by atoms with Crippen LogP contribution in [0.15, 0.2) is 48.7 Å². The van der Waals surface area contributed by atoms with Crippen molar-refractivity contribution in [3.05, 3.63) is 54.4 Å². The molecule has 2 aromatic rings. The quantitative estimate of drug-likeness (QED) is 0.911. The molecule has 0 aliphatic carbocycles. The summed E-state index contributed by atoms with van der Waals surface area (Å²) < 4.78 is 5.16. The normalized spacial score (nSPS) is 21.6. The van der Waals surface area contributed by atoms with E-state index >= 15 is 0 Å². The molecule has 1 aromatic heterocycles. The van der Waals surface area contributed by atoms with Crippen LogP contribution in [0.3, 0.4) is 0 Å². The molecule has 3 rings (SSSR count). The highest BCUT2D eigenvalue weighted by Gasteiger charge is 2.37. The van der Waals surface area contributed by atoms with Crippen molar-refractivity contribution in [3.8, 4) is 5.75 Å². The standard InChI is InChI=1S/C15H16N4OS/c1-20-11-7-5-10(6-8-11)19-14(16)13(21-15(19)17)12-4-2-3-9-18-12/h2-9,13,15-16H,17H2,1H3. The van der Waals surface area contributed by atoms with Crippen molar-refractivity contribution in [1.29, 1.82) is 5.41 Å². The van der Waals surface area contributed by atoms with Crippen LogP contribution in [0.4, 0.5) is 5.69 Å². The van der Waals surface area contributed by atoms with Crippen molar-refractivity contribution in [1.82, 2.24) is 4.98 Å². The molecule has 1 aromatic carbocycles. The topological polar surface area (TPSA) is 75.2 Å². The van der Waals surface area contributed by atoms with E-state index in [9.17, 15) is 0 Å². The molecule has 1 fully saturated rings. The first kappa shape index (κ1) is 13.9. The number of nitrogens with one attached hydrogen (secondary N) is 1. The Labute approximate surface area is 127 Å². The lowest BCUT2D eigenvalue weighted by Crippen LogP contribution is -2.38. The van der Waals surface area contributed by atoms with Crippen molar-refractivity contribution in [3.63, 3.8) is 0 Å². The summed E-state index contributed by atoms with van der Waals surface area (Å²) in [6, 6.07) is 13.3. The van der Waals surface area contributed by atoms with Gasteiger partial charge in [-0.2, -0.15) is 0 Å². The second-order valence-electron chi connectivity index (χ2n) is 4.61. The number of nitrogens with zero attached hydrogens (tertiary/aromatic N) is 2. The monoisotopic (exact) mass is 300 g/mol. The van der Waals surface area contributed by atoms with Crippen LogP contribution in [0.2, 0.25) is 0 Å². The van der Waals surface area contributed by atoms with E-state index in [1.807, 2.05) is 47.4 Å². The summed E-state index contributed by atoms with van der Waals surface area (Å²) in [6.07, 6.45) is 1.74. The molecular weight excluding hydrogens is 284 g/mol. The molecule has 0 amide bonds. The van der Waals surface area contributed by atoms with Gasteiger partial charge in [-0.15, -0.1) is 11.8 Å². The van der Waals surface area contributed by atoms with Gasteiger partial charge in [0.1, 0.15) is 22.3 Å². The maximum absolute atomic E-state index is 8.42. The molecule has 0 radical (unpaired) electrons. The van der Waals surface area contributed by atoms with Gasteiger partial charge in [0.05, 0.1) is 12.8 Å². The Kier molecular flexibility index (Phi) is 3.81. The van der Waals surface area contributed by atoms with Gasteiger partial charge in [0, 0.05) is 11.9 Å². The number of nitrogens with two attached hydrogens (primary N) is 1. The second kappa shape index (κ2) is 5.75. The zero-order valence-corrected chi connectivity index (χ0v) is 12.4. The molecule has 1 saturated heterocycles. The number of ether oxygens (including phenoxy) is 1. The Hall–Kier alpha value is -2.05. The van der Waals surface area contributed by atoms with Crippen molar-refractivity contribution < 1.29 is 4.74 Å². The van der Waals surface area contributed by atoms with E-state index < -0.39 is 0 Å². The van der Waals surface area contributed by atoms with E-state index in [0.29, 0.717) is 5.84 Å². The number of thioether (sulfide) groups is 1. The molecule has 2 unspecified atom stereocenters. The van der Waals surface area contributed by atoms with E-state index in [0.717, 1.165) is 17.1 Å². The van der Waals surface area contributed by atoms with Gasteiger partial charge in [-0.3, -0.25) is 10.4 Å². The van der Waals surface area contributed by atoms with E-state index in [2.05, 4.69) is 4.98 Å². The van der Waals surface area contributed by atoms with Gasteiger partial charge in [-0.25, -0.2) is 0 Å². The molecule has 1 aliphatic rings. The maximum Gasteiger partial charge on any atom is 0.132 e. The summed E-state index contributed by atoms with van der Waals surface area (Å²) in [4.78, 5) is 6.16. The Morgan fingerprint density at radius 2 is 2.00 bits per heavy atom. The van der Waals surface area contributed by atoms with Crippen LogP contribution in [0.25, 0.3) is 0 Å². The minimum atomic E-state index is -0.294. The average Bonchev–Trinajstić information content (AvgIpc) is 2.83. The van der Waals surface area contributed by atoms with Gasteiger partial charge in [0.15, 0.2) is 0 Å². The fourth-order valence-electron chi connectivity index (χ4n) is 2.30. The summed E-state index contributed by atoms with van der Waals surface area (Å²) in [7, 11) is 1.63. The van der Waals surface area contributed by atoms with Gasteiger partial charge < -0.3 is 15.4 Å². The van der Waals surface area contributed by atoms with E-state index in [4.69, 9.17) is 15.9 Å². The predicted octanol–water partition coefficient (Wildman–Crippen LogP) is 2.60. The lowest BCUT2D eigenvalue weighted by Gasteiger charge is -2.22. The van der Waals surface area contributed by atoms with Crippen molar-refractivity contribution in [2.75, 3.05) is 12.0 Å². The van der Waals surface area contributed by atoms with Gasteiger partial charge in [-0.05, 0) is 36.4 Å². The summed E-state index contributed by atoms with van der Waals surface area (Å²) in [5, 5.41) is 8.29. The Morgan fingerprint density at radius 3 is 2.62 bits per heavy atom. The zero-order valence-electron chi connectivity index (χ0n) is 11.6. The van der Waals surface area contributed by atoms with Crippen LogP contribution >= 0.6 is 11.8 Å². The van der Waals surface area contributed by atoms with Gasteiger partial charge in [0.25, 0.3) is 0 Å². The molecular formula is C15H16N4OS. The lowest BCUT2D eigenvalue weighted by molar-refractivity contribution is 0.415. The number of hydrogen-bond acceptors (Lipinski definition) is 5. The summed E-state index contributed by atoms with van der Waals surface area (Å²) in [5.74, 6) is 1.24. The van der Waals surface area contributed by atoms with Crippen LogP contribution in [-0.4, -0.2) is 23.4 Å². The van der Waals surface area contributed by atoms with E-state index in [1.165, 1.54) is 11.8 Å². The second-order valence-corrected chi connectivity index (χ2v) is 5.84. The van der Waals surface area contributed by atoms with Crippen molar-refractivity contribution in [2.24, 2.45) is 5.73 Å². The first-order valence-corrected chi connectivity index (χ1v) is 7.48. The largest absolute Gasteiger partial charge is 0.497 e. The molecule has 6 heteroatoms. The highest BCUT2D eigenvalue weighted by molar-refractivity contribution is 8.01. The van der Waals surface area contributed by atoms with Crippen LogP contribution in [0.5, 0.6) is 5.75 Å². The highest BCUT2D eigenvalue weighted by atomic mass is 32.2. The summed E-state index contributed by atoms with van der Waals surface area (Å²) in [5.41, 5.74) is 7.64. The fraction of sp³-hybridized carbons (Fsp3) is 0.200. The minimum Gasteiger partial charge on any atom is -0.497 e. The maximum atomic E-state index is 8.42. The first-order chi connectivity index (χ1) is 10.2. The molecule has 5 nitrogen and oxygen atoms in total. The number of benzene rings is 1. The molecule has 21 heavy (non-hydrogen) atoms. The van der Waals surface area contributed by atoms with Gasteiger partial charge in [0.2, 0.25) is 0 Å². The minimum absolute atomic E-state index is 0.136. The summed E-state index contributed by atoms with van der Waals surface area (Å²) >= 11 is 1.53. The van der Waals surface area contributed by atoms with Crippen LogP contribution in [-0.2, 0) is 0 Å². The number of hydrogen-bond donors (Lipinski definition) is 2. The zero-order chi connectivity index (χ0) is 14.8. The smallest absolute Gasteiger partial charge is 0.132 e. The number of methoxy groups -OCH3 is 1. The highest BCUT2D eigenvalue weighted by Crippen LogP contribution is 2.42. The Bertz CT molecular complexity index is 632. The third kappa shape index (κ3) is 2.59. The number of pyridine rings is 1. The van der Waals surface area contributed by atoms with Crippen LogP contribution in [0, 0.1) is 5.41 Å². The fourth-order valence-corrected chi connectivity index (χ4v) is 3.45. The summed E-state index contributed by atoms with van der Waals surface area (Å²) in [6.45, 7) is 0. The molecule has 2 heterocycles. The molecule has 1 aliphatic heterocycles. The molecule has 0 bridgehead atoms.